The summed E-state index contributed by atoms with van der Waals surface area (Å²) in [4.78, 5) is 17.5. The van der Waals surface area contributed by atoms with Crippen LogP contribution < -0.4 is 11.1 Å². The minimum atomic E-state index is -0.832. The molecule has 8 heteroatoms. The largest absolute Gasteiger partial charge is 0.383 e. The van der Waals surface area contributed by atoms with Crippen LogP contribution in [0.25, 0.3) is 22.3 Å². The Labute approximate surface area is 177 Å². The predicted octanol–water partition coefficient (Wildman–Crippen LogP) is 3.76. The van der Waals surface area contributed by atoms with Crippen molar-refractivity contribution in [1.82, 2.24) is 15.2 Å². The van der Waals surface area contributed by atoms with Crippen molar-refractivity contribution in [3.63, 3.8) is 0 Å². The van der Waals surface area contributed by atoms with Crippen LogP contribution in [-0.2, 0) is 13.0 Å². The highest BCUT2D eigenvalue weighted by molar-refractivity contribution is 5.97. The van der Waals surface area contributed by atoms with Crippen LogP contribution in [0.3, 0.4) is 0 Å². The Morgan fingerprint density at radius 1 is 1.00 bits per heavy atom. The number of hydrogen-bond donors (Lipinski definition) is 2. The van der Waals surface area contributed by atoms with Gasteiger partial charge in [0.2, 0.25) is 5.95 Å². The number of rotatable bonds is 4. The molecule has 3 aromatic rings. The van der Waals surface area contributed by atoms with Gasteiger partial charge in [0.05, 0.1) is 0 Å². The number of halogens is 3. The molecule has 4 rings (SSSR count). The molecule has 0 atom stereocenters. The van der Waals surface area contributed by atoms with Crippen LogP contribution in [-0.4, -0.2) is 36.4 Å². The number of amides is 1. The molecule has 0 radical (unpaired) electrons. The fraction of sp³-hybridized carbons (Fsp3) is 0.217. The van der Waals surface area contributed by atoms with Crippen LogP contribution in [0.1, 0.15) is 21.5 Å². The van der Waals surface area contributed by atoms with Crippen molar-refractivity contribution < 1.29 is 18.0 Å². The van der Waals surface area contributed by atoms with Gasteiger partial charge in [0, 0.05) is 40.9 Å². The van der Waals surface area contributed by atoms with Gasteiger partial charge in [-0.05, 0) is 62.0 Å². The van der Waals surface area contributed by atoms with Gasteiger partial charge in [0.15, 0.2) is 0 Å². The van der Waals surface area contributed by atoms with E-state index < -0.39 is 17.6 Å². The van der Waals surface area contributed by atoms with Crippen molar-refractivity contribution >= 4 is 11.7 Å². The van der Waals surface area contributed by atoms with E-state index in [0.717, 1.165) is 6.07 Å². The van der Waals surface area contributed by atoms with E-state index in [9.17, 15) is 18.0 Å². The average molecular weight is 426 g/mol. The molecule has 1 amide bonds. The van der Waals surface area contributed by atoms with Crippen molar-refractivity contribution in [1.29, 1.82) is 0 Å². The molecule has 3 N–H and O–H groups in total. The van der Waals surface area contributed by atoms with Crippen LogP contribution in [0.5, 0.6) is 0 Å². The number of benzene rings is 2. The molecule has 2 aromatic carbocycles. The molecule has 0 saturated heterocycles. The van der Waals surface area contributed by atoms with E-state index in [4.69, 9.17) is 5.73 Å². The second kappa shape index (κ2) is 8.03. The molecule has 1 aliphatic rings. The highest BCUT2D eigenvalue weighted by atomic mass is 19.1. The van der Waals surface area contributed by atoms with Crippen molar-refractivity contribution in [3.8, 4) is 22.3 Å². The van der Waals surface area contributed by atoms with E-state index in [1.54, 1.807) is 31.1 Å². The molecular formula is C23H21F3N4O. The third-order valence-electron chi connectivity index (χ3n) is 5.26. The smallest absolute Gasteiger partial charge is 0.251 e. The quantitative estimate of drug-likeness (QED) is 0.624. The normalized spacial score (nSPS) is 13.3. The summed E-state index contributed by atoms with van der Waals surface area (Å²) in [5, 5.41) is 2.67. The van der Waals surface area contributed by atoms with E-state index in [0.29, 0.717) is 36.2 Å². The van der Waals surface area contributed by atoms with Gasteiger partial charge in [-0.3, -0.25) is 4.79 Å². The van der Waals surface area contributed by atoms with Crippen molar-refractivity contribution in [3.05, 3.63) is 70.7 Å². The summed E-state index contributed by atoms with van der Waals surface area (Å²) in [5.74, 6) is -2.40. The van der Waals surface area contributed by atoms with Gasteiger partial charge in [0.25, 0.3) is 5.91 Å². The number of carbonyl (C=O) groups excluding carboxylic acids is 1. The zero-order chi connectivity index (χ0) is 22.3. The Hall–Kier alpha value is -3.39. The Kier molecular flexibility index (Phi) is 5.41. The standard InChI is InChI=1S/C23H21F3N4O/c1-30(2)11-14-7-12(3-4-19(14)24)15-9-18(22(27)29-21(15)26)17-8-13-5-6-28-23(31)16(13)10-20(17)25/h3-4,7-10H,5-6,11H2,1-2H3,(H2,27,29)(H,28,31). The molecule has 0 spiro atoms. The second-order valence-corrected chi connectivity index (χ2v) is 7.80. The molecule has 160 valence electrons. The topological polar surface area (TPSA) is 71.2 Å². The minimum absolute atomic E-state index is 0.0825. The number of nitrogens with one attached hydrogen (secondary N) is 1. The molecule has 0 bridgehead atoms. The monoisotopic (exact) mass is 426 g/mol. The highest BCUT2D eigenvalue weighted by Gasteiger charge is 2.22. The summed E-state index contributed by atoms with van der Waals surface area (Å²) in [6.07, 6.45) is 0.543. The summed E-state index contributed by atoms with van der Waals surface area (Å²) in [7, 11) is 3.60. The minimum Gasteiger partial charge on any atom is -0.383 e. The third-order valence-corrected chi connectivity index (χ3v) is 5.26. The number of nitrogen functional groups attached to an aromatic ring is 1. The summed E-state index contributed by atoms with van der Waals surface area (Å²) in [6.45, 7) is 0.779. The maximum absolute atomic E-state index is 14.9. The molecule has 0 saturated carbocycles. The maximum atomic E-state index is 14.9. The molecule has 0 aliphatic carbocycles. The van der Waals surface area contributed by atoms with E-state index >= 15 is 0 Å². The molecule has 5 nitrogen and oxygen atoms in total. The van der Waals surface area contributed by atoms with Gasteiger partial charge in [-0.1, -0.05) is 6.07 Å². The lowest BCUT2D eigenvalue weighted by molar-refractivity contribution is 0.0945. The Morgan fingerprint density at radius 3 is 2.52 bits per heavy atom. The number of aromatic nitrogens is 1. The van der Waals surface area contributed by atoms with Crippen LogP contribution >= 0.6 is 0 Å². The van der Waals surface area contributed by atoms with E-state index in [1.807, 2.05) is 0 Å². The lowest BCUT2D eigenvalue weighted by Crippen LogP contribution is -2.32. The van der Waals surface area contributed by atoms with Crippen LogP contribution in [0.2, 0.25) is 0 Å². The number of fused-ring (bicyclic) bond motifs is 1. The summed E-state index contributed by atoms with van der Waals surface area (Å²) in [6, 6.07) is 8.39. The number of anilines is 1. The second-order valence-electron chi connectivity index (χ2n) is 7.80. The van der Waals surface area contributed by atoms with Crippen molar-refractivity contribution in [2.75, 3.05) is 26.4 Å². The first-order valence-corrected chi connectivity index (χ1v) is 9.75. The van der Waals surface area contributed by atoms with Crippen LogP contribution in [0.15, 0.2) is 36.4 Å². The zero-order valence-electron chi connectivity index (χ0n) is 17.1. The van der Waals surface area contributed by atoms with Gasteiger partial charge >= 0.3 is 0 Å². The fourth-order valence-corrected chi connectivity index (χ4v) is 3.77. The number of hydrogen-bond acceptors (Lipinski definition) is 4. The molecule has 0 unspecified atom stereocenters. The number of nitrogens with two attached hydrogens (primary N) is 1. The van der Waals surface area contributed by atoms with Crippen LogP contribution in [0, 0.1) is 17.6 Å². The number of pyridine rings is 1. The molecular weight excluding hydrogens is 405 g/mol. The van der Waals surface area contributed by atoms with Gasteiger partial charge in [-0.25, -0.2) is 13.8 Å². The number of nitrogens with zero attached hydrogens (tertiary/aromatic N) is 2. The molecule has 2 heterocycles. The first-order chi connectivity index (χ1) is 14.7. The Balaban J connectivity index is 1.84. The number of carbonyl (C=O) groups is 1. The summed E-state index contributed by atoms with van der Waals surface area (Å²) >= 11 is 0. The summed E-state index contributed by atoms with van der Waals surface area (Å²) in [5.41, 5.74) is 8.11. The first-order valence-electron chi connectivity index (χ1n) is 9.75. The zero-order valence-corrected chi connectivity index (χ0v) is 17.1. The van der Waals surface area contributed by atoms with Gasteiger partial charge < -0.3 is 16.0 Å². The van der Waals surface area contributed by atoms with E-state index in [1.165, 1.54) is 18.2 Å². The van der Waals surface area contributed by atoms with Crippen molar-refractivity contribution in [2.24, 2.45) is 0 Å². The summed E-state index contributed by atoms with van der Waals surface area (Å²) < 4.78 is 43.8. The Morgan fingerprint density at radius 2 is 1.77 bits per heavy atom. The van der Waals surface area contributed by atoms with E-state index in [2.05, 4.69) is 10.3 Å². The Bertz CT molecular complexity index is 1190. The van der Waals surface area contributed by atoms with Crippen molar-refractivity contribution in [2.45, 2.75) is 13.0 Å². The van der Waals surface area contributed by atoms with Crippen LogP contribution in [0.4, 0.5) is 19.0 Å². The SMILES string of the molecule is CN(C)Cc1cc(-c2cc(-c3cc4c(cc3F)C(=O)NCC4)c(N)nc2F)ccc1F. The van der Waals surface area contributed by atoms with Gasteiger partial charge in [-0.15, -0.1) is 0 Å². The lowest BCUT2D eigenvalue weighted by atomic mass is 9.93. The highest BCUT2D eigenvalue weighted by Crippen LogP contribution is 2.35. The average Bonchev–Trinajstić information content (AvgIpc) is 2.70. The maximum Gasteiger partial charge on any atom is 0.251 e. The van der Waals surface area contributed by atoms with Gasteiger partial charge in [-0.2, -0.15) is 4.39 Å². The molecule has 1 aromatic heterocycles. The molecule has 1 aliphatic heterocycles. The molecule has 0 fully saturated rings. The third kappa shape index (κ3) is 3.98. The first kappa shape index (κ1) is 20.9. The fourth-order valence-electron chi connectivity index (χ4n) is 3.77. The lowest BCUT2D eigenvalue weighted by Gasteiger charge is -2.19. The predicted molar refractivity (Wildman–Crippen MR) is 113 cm³/mol. The van der Waals surface area contributed by atoms with E-state index in [-0.39, 0.29) is 34.0 Å². The van der Waals surface area contributed by atoms with Gasteiger partial charge in [0.1, 0.15) is 17.5 Å². The molecule has 31 heavy (non-hydrogen) atoms.